The lowest BCUT2D eigenvalue weighted by molar-refractivity contribution is -0.00116. The molecular weight excluding hydrogens is 311 g/mol. The molecule has 0 N–H and O–H groups in total. The third kappa shape index (κ3) is 2.41. The molecule has 7 heteroatoms. The molecule has 0 radical (unpaired) electrons. The first-order valence-corrected chi connectivity index (χ1v) is 8.04. The summed E-state index contributed by atoms with van der Waals surface area (Å²) in [6.45, 7) is 1.02. The normalized spacial score (nSPS) is 20.1. The van der Waals surface area contributed by atoms with Gasteiger partial charge in [-0.3, -0.25) is 4.68 Å². The van der Waals surface area contributed by atoms with Crippen LogP contribution in [0.4, 0.5) is 4.39 Å². The van der Waals surface area contributed by atoms with Gasteiger partial charge in [-0.2, -0.15) is 10.1 Å². The third-order valence-electron chi connectivity index (χ3n) is 4.48. The number of benzene rings is 1. The molecule has 1 aromatic carbocycles. The van der Waals surface area contributed by atoms with Crippen molar-refractivity contribution in [3.63, 3.8) is 0 Å². The Morgan fingerprint density at radius 2 is 2.00 bits per heavy atom. The fourth-order valence-corrected chi connectivity index (χ4v) is 2.96. The summed E-state index contributed by atoms with van der Waals surface area (Å²) in [6, 6.07) is 8.30. The molecule has 1 atom stereocenters. The van der Waals surface area contributed by atoms with Crippen LogP contribution in [0, 0.1) is 5.82 Å². The SMILES string of the molecule is Fc1ccc(C2Cn3nc(-c4nc(C5CC5)no4)cc3CO2)cc1. The Kier molecular flexibility index (Phi) is 3.02. The van der Waals surface area contributed by atoms with Gasteiger partial charge >= 0.3 is 0 Å². The van der Waals surface area contributed by atoms with Crippen molar-refractivity contribution in [2.24, 2.45) is 0 Å². The first-order chi connectivity index (χ1) is 11.8. The number of aromatic nitrogens is 4. The van der Waals surface area contributed by atoms with Crippen molar-refractivity contribution in [2.75, 3.05) is 0 Å². The van der Waals surface area contributed by atoms with E-state index in [-0.39, 0.29) is 11.9 Å². The number of hydrogen-bond acceptors (Lipinski definition) is 5. The Labute approximate surface area is 137 Å². The van der Waals surface area contributed by atoms with E-state index in [4.69, 9.17) is 9.26 Å². The number of halogens is 1. The van der Waals surface area contributed by atoms with Gasteiger partial charge in [-0.25, -0.2) is 4.39 Å². The molecule has 0 spiro atoms. The van der Waals surface area contributed by atoms with Crippen molar-refractivity contribution < 1.29 is 13.7 Å². The van der Waals surface area contributed by atoms with E-state index in [1.807, 2.05) is 10.7 Å². The summed E-state index contributed by atoms with van der Waals surface area (Å²) in [5.41, 5.74) is 2.58. The second-order valence-electron chi connectivity index (χ2n) is 6.29. The van der Waals surface area contributed by atoms with E-state index < -0.39 is 0 Å². The Morgan fingerprint density at radius 1 is 1.17 bits per heavy atom. The van der Waals surface area contributed by atoms with Gasteiger partial charge in [0.15, 0.2) is 11.5 Å². The van der Waals surface area contributed by atoms with Crippen molar-refractivity contribution in [1.82, 2.24) is 19.9 Å². The number of fused-ring (bicyclic) bond motifs is 1. The Balaban J connectivity index is 1.40. The van der Waals surface area contributed by atoms with E-state index in [0.717, 1.165) is 29.9 Å². The molecule has 1 fully saturated rings. The van der Waals surface area contributed by atoms with Crippen molar-refractivity contribution in [3.8, 4) is 11.6 Å². The van der Waals surface area contributed by atoms with Gasteiger partial charge in [0.2, 0.25) is 0 Å². The zero-order valence-corrected chi connectivity index (χ0v) is 12.9. The first kappa shape index (κ1) is 13.9. The molecular formula is C17H15FN4O2. The Morgan fingerprint density at radius 3 is 2.79 bits per heavy atom. The van der Waals surface area contributed by atoms with Crippen molar-refractivity contribution >= 4 is 0 Å². The van der Waals surface area contributed by atoms with Gasteiger partial charge < -0.3 is 9.26 Å². The largest absolute Gasteiger partial charge is 0.365 e. The van der Waals surface area contributed by atoms with E-state index in [9.17, 15) is 4.39 Å². The van der Waals surface area contributed by atoms with Crippen LogP contribution >= 0.6 is 0 Å². The van der Waals surface area contributed by atoms with E-state index in [1.54, 1.807) is 12.1 Å². The van der Waals surface area contributed by atoms with Gasteiger partial charge in [0.1, 0.15) is 11.9 Å². The molecule has 122 valence electrons. The van der Waals surface area contributed by atoms with Gasteiger partial charge in [0.25, 0.3) is 5.89 Å². The van der Waals surface area contributed by atoms with Gasteiger partial charge in [0.05, 0.1) is 18.8 Å². The average Bonchev–Trinajstić information content (AvgIpc) is 3.18. The molecule has 24 heavy (non-hydrogen) atoms. The lowest BCUT2D eigenvalue weighted by atomic mass is 10.1. The van der Waals surface area contributed by atoms with Gasteiger partial charge in [-0.05, 0) is 36.6 Å². The molecule has 0 saturated heterocycles. The lowest BCUT2D eigenvalue weighted by Crippen LogP contribution is -2.21. The highest BCUT2D eigenvalue weighted by molar-refractivity contribution is 5.47. The quantitative estimate of drug-likeness (QED) is 0.739. The van der Waals surface area contributed by atoms with E-state index >= 15 is 0 Å². The van der Waals surface area contributed by atoms with Crippen LogP contribution in [0.15, 0.2) is 34.9 Å². The lowest BCUT2D eigenvalue weighted by Gasteiger charge is -2.24. The van der Waals surface area contributed by atoms with Crippen molar-refractivity contribution in [1.29, 1.82) is 0 Å². The van der Waals surface area contributed by atoms with Crippen LogP contribution in [0.1, 0.15) is 41.9 Å². The number of rotatable bonds is 3. The van der Waals surface area contributed by atoms with E-state index in [1.165, 1.54) is 12.1 Å². The topological polar surface area (TPSA) is 66.0 Å². The summed E-state index contributed by atoms with van der Waals surface area (Å²) in [7, 11) is 0. The monoisotopic (exact) mass is 326 g/mol. The van der Waals surface area contributed by atoms with Gasteiger partial charge in [-0.15, -0.1) is 0 Å². The fraction of sp³-hybridized carbons (Fsp3) is 0.353. The third-order valence-corrected chi connectivity index (χ3v) is 4.48. The summed E-state index contributed by atoms with van der Waals surface area (Å²) in [4.78, 5) is 4.44. The molecule has 2 aromatic heterocycles. The summed E-state index contributed by atoms with van der Waals surface area (Å²) in [5.74, 6) is 1.43. The van der Waals surface area contributed by atoms with Crippen molar-refractivity contribution in [3.05, 3.63) is 53.2 Å². The fourth-order valence-electron chi connectivity index (χ4n) is 2.96. The van der Waals surface area contributed by atoms with Crippen LogP contribution in [-0.4, -0.2) is 19.9 Å². The zero-order chi connectivity index (χ0) is 16.1. The van der Waals surface area contributed by atoms with Crippen LogP contribution in [0.2, 0.25) is 0 Å². The Bertz CT molecular complexity index is 882. The maximum Gasteiger partial charge on any atom is 0.278 e. The molecule has 3 aromatic rings. The molecule has 2 aliphatic rings. The van der Waals surface area contributed by atoms with E-state index in [0.29, 0.717) is 30.7 Å². The highest BCUT2D eigenvalue weighted by atomic mass is 19.1. The molecule has 1 aliphatic carbocycles. The minimum atomic E-state index is -0.250. The van der Waals surface area contributed by atoms with Crippen molar-refractivity contribution in [2.45, 2.75) is 38.0 Å². The minimum absolute atomic E-state index is 0.143. The second-order valence-corrected chi connectivity index (χ2v) is 6.29. The smallest absolute Gasteiger partial charge is 0.278 e. The summed E-state index contributed by atoms with van der Waals surface area (Å²) >= 11 is 0. The maximum atomic E-state index is 13.1. The molecule has 3 heterocycles. The second kappa shape index (κ2) is 5.24. The summed E-state index contributed by atoms with van der Waals surface area (Å²) in [6.07, 6.45) is 2.12. The highest BCUT2D eigenvalue weighted by Gasteiger charge is 2.30. The molecule has 1 saturated carbocycles. The maximum absolute atomic E-state index is 13.1. The van der Waals surface area contributed by atoms with E-state index in [2.05, 4.69) is 15.2 Å². The zero-order valence-electron chi connectivity index (χ0n) is 12.9. The van der Waals surface area contributed by atoms with Crippen LogP contribution in [-0.2, 0) is 17.9 Å². The first-order valence-electron chi connectivity index (χ1n) is 8.04. The van der Waals surface area contributed by atoms with Crippen LogP contribution in [0.5, 0.6) is 0 Å². The standard InChI is InChI=1S/C17H15FN4O2/c18-12-5-3-10(4-6-12)15-8-22-13(9-23-15)7-14(20-22)17-19-16(21-24-17)11-1-2-11/h3-7,11,15H,1-2,8-9H2. The molecule has 5 rings (SSSR count). The summed E-state index contributed by atoms with van der Waals surface area (Å²) < 4.78 is 26.2. The van der Waals surface area contributed by atoms with Crippen LogP contribution in [0.3, 0.4) is 0 Å². The Hall–Kier alpha value is -2.54. The predicted molar refractivity (Wildman–Crippen MR) is 81.4 cm³/mol. The highest BCUT2D eigenvalue weighted by Crippen LogP contribution is 2.39. The van der Waals surface area contributed by atoms with Crippen LogP contribution in [0.25, 0.3) is 11.6 Å². The number of hydrogen-bond donors (Lipinski definition) is 0. The number of ether oxygens (including phenoxy) is 1. The molecule has 1 unspecified atom stereocenters. The van der Waals surface area contributed by atoms with Crippen LogP contribution < -0.4 is 0 Å². The average molecular weight is 326 g/mol. The summed E-state index contributed by atoms with van der Waals surface area (Å²) in [5, 5.41) is 8.60. The number of nitrogens with zero attached hydrogens (tertiary/aromatic N) is 4. The van der Waals surface area contributed by atoms with Gasteiger partial charge in [0, 0.05) is 5.92 Å². The minimum Gasteiger partial charge on any atom is -0.365 e. The molecule has 0 bridgehead atoms. The molecule has 6 nitrogen and oxygen atoms in total. The van der Waals surface area contributed by atoms with Gasteiger partial charge in [-0.1, -0.05) is 17.3 Å². The molecule has 1 aliphatic heterocycles. The predicted octanol–water partition coefficient (Wildman–Crippen LogP) is 3.22. The molecule has 0 amide bonds.